The van der Waals surface area contributed by atoms with Crippen LogP contribution in [0.15, 0.2) is 0 Å². The van der Waals surface area contributed by atoms with Gasteiger partial charge in [0.15, 0.2) is 0 Å². The van der Waals surface area contributed by atoms with Gasteiger partial charge in [-0.2, -0.15) is 0 Å². The fourth-order valence-electron chi connectivity index (χ4n) is 0. The Morgan fingerprint density at radius 2 is 1.29 bits per heavy atom. The van der Waals surface area contributed by atoms with Gasteiger partial charge in [0, 0.05) is 0 Å². The van der Waals surface area contributed by atoms with Crippen LogP contribution in [0, 0.1) is 0 Å². The van der Waals surface area contributed by atoms with E-state index in [9.17, 15) is 0 Å². The standard InChI is InChI=1S/Ca.H3O4P.Sr/c;1-5(2,3)4;/h;(H3,1,2,3,4);/q+2;;+2/p+1. The molecule has 0 unspecified atom stereocenters. The van der Waals surface area contributed by atoms with E-state index in [0.29, 0.717) is 0 Å². The number of rotatable bonds is 0. The summed E-state index contributed by atoms with van der Waals surface area (Å²) in [4.78, 5) is 21.6. The van der Waals surface area contributed by atoms with Gasteiger partial charge in [0.25, 0.3) is 0 Å². The topological polar surface area (TPSA) is 77.8 Å². The zero-order valence-electron chi connectivity index (χ0n) is 4.61. The van der Waals surface area contributed by atoms with Crippen molar-refractivity contribution in [3.8, 4) is 0 Å². The predicted molar refractivity (Wildman–Crippen MR) is 26.9 cm³/mol. The van der Waals surface area contributed by atoms with Crippen molar-refractivity contribution >= 4 is 91.0 Å². The van der Waals surface area contributed by atoms with Gasteiger partial charge in [0.2, 0.25) is 0 Å². The molecular weight excluding hydrogens is 223 g/mol. The second-order valence-electron chi connectivity index (χ2n) is 0.513. The van der Waals surface area contributed by atoms with Crippen LogP contribution in [0.2, 0.25) is 0 Å². The Hall–Kier alpha value is 2.85. The summed E-state index contributed by atoms with van der Waals surface area (Å²) in [5, 5.41) is 0. The minimum absolute atomic E-state index is 0. The molecule has 0 aromatic carbocycles. The maximum Gasteiger partial charge on any atom is 2.00 e. The molecule has 0 amide bonds. The number of phosphoric acid groups is 1. The van der Waals surface area contributed by atoms with E-state index in [1.165, 1.54) is 0 Å². The van der Waals surface area contributed by atoms with Crippen LogP contribution in [0.5, 0.6) is 0 Å². The fourth-order valence-corrected chi connectivity index (χ4v) is 0. The Kier molecular flexibility index (Phi) is 16.4. The van der Waals surface area contributed by atoms with Gasteiger partial charge in [-0.05, 0) is 0 Å². The first-order valence-corrected chi connectivity index (χ1v) is 2.35. The Morgan fingerprint density at radius 1 is 1.29 bits per heavy atom. The van der Waals surface area contributed by atoms with Gasteiger partial charge < -0.3 is 14.7 Å². The third kappa shape index (κ3) is 51.1. The molecule has 3 N–H and O–H groups in total. The summed E-state index contributed by atoms with van der Waals surface area (Å²) in [5.74, 6) is 0. The normalized spacial score (nSPS) is 8.43. The quantitative estimate of drug-likeness (QED) is 0.344. The Bertz CT molecular complexity index is 62.2. The molecule has 0 aliphatic carbocycles. The van der Waals surface area contributed by atoms with E-state index in [0.717, 1.165) is 0 Å². The number of hydrogen-bond donors (Lipinski definition) is 3. The first-order chi connectivity index (χ1) is 2.00. The second kappa shape index (κ2) is 6.96. The summed E-state index contributed by atoms with van der Waals surface area (Å²) in [6, 6.07) is 0. The van der Waals surface area contributed by atoms with Crippen molar-refractivity contribution in [3.63, 3.8) is 0 Å². The zero-order chi connectivity index (χ0) is 4.50. The third-order valence-electron chi connectivity index (χ3n) is 0. The van der Waals surface area contributed by atoms with Gasteiger partial charge in [0.05, 0.1) is 0 Å². The number of hydrogen-bond acceptors (Lipinski definition) is 1. The SMILES string of the molecule is O=P(O)(O)O.[Ca+2].[H+].[Sr+2]. The minimum Gasteiger partial charge on any atom is -0.303 e. The third-order valence-corrected chi connectivity index (χ3v) is 0. The molecule has 0 aliphatic rings. The largest absolute Gasteiger partial charge is 2.00 e. The molecule has 0 fully saturated rings. The van der Waals surface area contributed by atoms with Crippen LogP contribution < -0.4 is 0 Å². The molecule has 0 aliphatic heterocycles. The zero-order valence-corrected chi connectivity index (χ0v) is 10.2. The average molecular weight is 227 g/mol. The van der Waals surface area contributed by atoms with Crippen molar-refractivity contribution < 1.29 is 20.7 Å². The van der Waals surface area contributed by atoms with E-state index in [2.05, 4.69) is 0 Å². The Morgan fingerprint density at radius 3 is 1.29 bits per heavy atom. The van der Waals surface area contributed by atoms with E-state index < -0.39 is 7.82 Å². The second-order valence-corrected chi connectivity index (χ2v) is 1.54. The summed E-state index contributed by atoms with van der Waals surface area (Å²) < 4.78 is 8.88. The van der Waals surface area contributed by atoms with Crippen LogP contribution in [0.25, 0.3) is 0 Å². The molecule has 0 rings (SSSR count). The van der Waals surface area contributed by atoms with E-state index >= 15 is 0 Å². The predicted octanol–water partition coefficient (Wildman–Crippen LogP) is -1.58. The van der Waals surface area contributed by atoms with Crippen LogP contribution in [-0.4, -0.2) is 97.9 Å². The molecular formula is H4CaO4PSr+5. The van der Waals surface area contributed by atoms with Crippen molar-refractivity contribution in [2.75, 3.05) is 0 Å². The maximum absolute atomic E-state index is 8.88. The van der Waals surface area contributed by atoms with Crippen molar-refractivity contribution in [1.82, 2.24) is 0 Å². The molecule has 0 saturated heterocycles. The summed E-state index contributed by atoms with van der Waals surface area (Å²) in [7, 11) is -4.64. The van der Waals surface area contributed by atoms with Crippen molar-refractivity contribution in [1.29, 1.82) is 0 Å². The minimum atomic E-state index is -4.64. The van der Waals surface area contributed by atoms with E-state index in [4.69, 9.17) is 19.2 Å². The molecule has 4 nitrogen and oxygen atoms in total. The molecule has 0 radical (unpaired) electrons. The van der Waals surface area contributed by atoms with Gasteiger partial charge in [0.1, 0.15) is 0 Å². The summed E-state index contributed by atoms with van der Waals surface area (Å²) >= 11 is 0. The summed E-state index contributed by atoms with van der Waals surface area (Å²) in [5.41, 5.74) is 0. The Labute approximate surface area is 109 Å². The molecule has 0 aromatic heterocycles. The van der Waals surface area contributed by atoms with E-state index in [1.54, 1.807) is 0 Å². The first kappa shape index (κ1) is 16.4. The molecule has 0 saturated carbocycles. The molecule has 7 heteroatoms. The van der Waals surface area contributed by atoms with E-state index in [1.807, 2.05) is 0 Å². The van der Waals surface area contributed by atoms with Crippen LogP contribution in [-0.2, 0) is 4.57 Å². The van der Waals surface area contributed by atoms with Crippen molar-refractivity contribution in [3.05, 3.63) is 0 Å². The molecule has 32 valence electrons. The molecule has 7 heavy (non-hydrogen) atoms. The maximum atomic E-state index is 8.88. The van der Waals surface area contributed by atoms with Crippen LogP contribution in [0.4, 0.5) is 0 Å². The van der Waals surface area contributed by atoms with Crippen LogP contribution in [0.3, 0.4) is 0 Å². The molecule has 0 spiro atoms. The monoisotopic (exact) mass is 227 g/mol. The molecule has 0 aromatic rings. The summed E-state index contributed by atoms with van der Waals surface area (Å²) in [6.07, 6.45) is 0. The molecule has 0 bridgehead atoms. The van der Waals surface area contributed by atoms with Gasteiger partial charge in [-0.15, -0.1) is 0 Å². The fraction of sp³-hybridized carbons (Fsp3) is 0. The van der Waals surface area contributed by atoms with Gasteiger partial charge in [-0.25, -0.2) is 4.57 Å². The Balaban J connectivity index is -0.0000000267. The van der Waals surface area contributed by atoms with Crippen LogP contribution >= 0.6 is 7.82 Å². The van der Waals surface area contributed by atoms with Gasteiger partial charge >= 0.3 is 92.5 Å². The average Bonchev–Trinajstić information content (AvgIpc) is 0.722. The first-order valence-electron chi connectivity index (χ1n) is 0.783. The van der Waals surface area contributed by atoms with Gasteiger partial charge in [-0.1, -0.05) is 0 Å². The smallest absolute Gasteiger partial charge is 0.303 e. The van der Waals surface area contributed by atoms with E-state index in [-0.39, 0.29) is 84.6 Å². The van der Waals surface area contributed by atoms with Gasteiger partial charge in [-0.3, -0.25) is 0 Å². The summed E-state index contributed by atoms with van der Waals surface area (Å²) in [6.45, 7) is 0. The van der Waals surface area contributed by atoms with Crippen molar-refractivity contribution in [2.24, 2.45) is 0 Å². The molecule has 0 atom stereocenters. The van der Waals surface area contributed by atoms with Crippen molar-refractivity contribution in [2.45, 2.75) is 0 Å². The molecule has 0 heterocycles. The van der Waals surface area contributed by atoms with Crippen LogP contribution in [0.1, 0.15) is 1.43 Å².